The van der Waals surface area contributed by atoms with Crippen LogP contribution in [0.2, 0.25) is 6.04 Å². The molecule has 0 aromatic heterocycles. The molecule has 0 aliphatic heterocycles. The van der Waals surface area contributed by atoms with Gasteiger partial charge < -0.3 is 4.18 Å². The van der Waals surface area contributed by atoms with Crippen LogP contribution in [0.25, 0.3) is 0 Å². The van der Waals surface area contributed by atoms with E-state index in [1.807, 2.05) is 0 Å². The van der Waals surface area contributed by atoms with Crippen LogP contribution in [-0.2, 0) is 10.1 Å². The van der Waals surface area contributed by atoms with Crippen LogP contribution in [0.15, 0.2) is 30.3 Å². The molecule has 1 aromatic rings. The van der Waals surface area contributed by atoms with Crippen LogP contribution < -0.4 is 4.18 Å². The predicted octanol–water partition coefficient (Wildman–Crippen LogP) is 1.71. The van der Waals surface area contributed by atoms with E-state index in [2.05, 4.69) is 11.1 Å². The second-order valence-corrected chi connectivity index (χ2v) is 5.96. The molecule has 17 heavy (non-hydrogen) atoms. The third-order valence-corrected chi connectivity index (χ3v) is 2.21. The molecule has 8 heteroatoms. The maximum absolute atomic E-state index is 11.8. The molecule has 1 rings (SSSR count). The van der Waals surface area contributed by atoms with Crippen molar-refractivity contribution in [2.75, 3.05) is 0 Å². The van der Waals surface area contributed by atoms with Crippen LogP contribution in [-0.4, -0.2) is 24.2 Å². The molecule has 0 unspecified atom stereocenters. The lowest BCUT2D eigenvalue weighted by atomic mass is 10.3. The minimum Gasteiger partial charge on any atom is -0.376 e. The van der Waals surface area contributed by atoms with Crippen molar-refractivity contribution in [2.45, 2.75) is 18.5 Å². The largest absolute Gasteiger partial charge is 0.534 e. The highest BCUT2D eigenvalue weighted by atomic mass is 32.2. The Balaban J connectivity index is 0.000000770. The summed E-state index contributed by atoms with van der Waals surface area (Å²) in [5.41, 5.74) is -5.40. The minimum absolute atomic E-state index is 0.371. The molecule has 0 saturated heterocycles. The first-order chi connectivity index (χ1) is 7.74. The summed E-state index contributed by atoms with van der Waals surface area (Å²) in [6.07, 6.45) is 0. The molecule has 0 N–H and O–H groups in total. The fourth-order valence-electron chi connectivity index (χ4n) is 0.650. The van der Waals surface area contributed by atoms with E-state index in [-0.39, 0.29) is 5.75 Å². The first-order valence-corrected chi connectivity index (χ1v) is 7.62. The Hall–Kier alpha value is -1.02. The normalized spacial score (nSPS) is 11.5. The third kappa shape index (κ3) is 5.73. The van der Waals surface area contributed by atoms with Crippen LogP contribution in [0.4, 0.5) is 13.2 Å². The fourth-order valence-corrected chi connectivity index (χ4v) is 1.11. The van der Waals surface area contributed by atoms with Crippen LogP contribution in [0.1, 0.15) is 6.92 Å². The molecule has 0 atom stereocenters. The monoisotopic (exact) mass is 286 g/mol. The van der Waals surface area contributed by atoms with Gasteiger partial charge in [0.15, 0.2) is 0 Å². The van der Waals surface area contributed by atoms with Gasteiger partial charge in [0.1, 0.15) is 5.75 Å². The summed E-state index contributed by atoms with van der Waals surface area (Å²) < 4.78 is 60.2. The van der Waals surface area contributed by atoms with Gasteiger partial charge in [-0.05, 0) is 12.1 Å². The lowest BCUT2D eigenvalue weighted by Crippen LogP contribution is -2.27. The summed E-state index contributed by atoms with van der Waals surface area (Å²) in [6.45, 7) is 2.19. The number of hydrogen-bond acceptors (Lipinski definition) is 3. The van der Waals surface area contributed by atoms with Gasteiger partial charge in [-0.2, -0.15) is 21.6 Å². The summed E-state index contributed by atoms with van der Waals surface area (Å²) in [7, 11) is -4.18. The van der Waals surface area contributed by atoms with E-state index in [1.165, 1.54) is 34.5 Å². The average Bonchev–Trinajstić information content (AvgIpc) is 2.17. The molecule has 98 valence electrons. The average molecular weight is 286 g/mol. The fraction of sp³-hybridized carbons (Fsp3) is 0.333. The standard InChI is InChI=1S/C7H5F3O3S.C2H8Si/c8-7(9,10)14(11,12)13-6-4-2-1-3-5-6;1-2-3/h1-5H;2H2,1,3H3. The predicted molar refractivity (Wildman–Crippen MR) is 62.5 cm³/mol. The van der Waals surface area contributed by atoms with E-state index in [0.717, 1.165) is 12.1 Å². The SMILES string of the molecule is CC[SiH3].O=S(=O)(Oc1ccccc1)C(F)(F)F. The molecular formula is C9H13F3O3SSi. The highest BCUT2D eigenvalue weighted by molar-refractivity contribution is 7.87. The second kappa shape index (κ2) is 6.65. The van der Waals surface area contributed by atoms with Crippen molar-refractivity contribution in [1.82, 2.24) is 0 Å². The van der Waals surface area contributed by atoms with Gasteiger partial charge in [0.05, 0.1) is 0 Å². The summed E-state index contributed by atoms with van der Waals surface area (Å²) in [5, 5.41) is 0. The van der Waals surface area contributed by atoms with Crippen molar-refractivity contribution in [1.29, 1.82) is 0 Å². The van der Waals surface area contributed by atoms with Gasteiger partial charge in [-0.15, -0.1) is 0 Å². The van der Waals surface area contributed by atoms with E-state index < -0.39 is 15.6 Å². The van der Waals surface area contributed by atoms with E-state index in [0.29, 0.717) is 0 Å². The summed E-state index contributed by atoms with van der Waals surface area (Å²) in [6, 6.07) is 7.86. The van der Waals surface area contributed by atoms with Gasteiger partial charge in [0.25, 0.3) is 0 Å². The zero-order chi connectivity index (χ0) is 13.5. The lowest BCUT2D eigenvalue weighted by molar-refractivity contribution is -0.0500. The van der Waals surface area contributed by atoms with E-state index in [4.69, 9.17) is 0 Å². The zero-order valence-corrected chi connectivity index (χ0v) is 12.2. The Morgan fingerprint density at radius 3 is 2.00 bits per heavy atom. The maximum atomic E-state index is 11.8. The molecule has 0 bridgehead atoms. The van der Waals surface area contributed by atoms with Crippen molar-refractivity contribution in [3.8, 4) is 5.75 Å². The molecule has 0 fully saturated rings. The number of para-hydroxylation sites is 1. The van der Waals surface area contributed by atoms with Gasteiger partial charge in [-0.3, -0.25) is 0 Å². The molecule has 0 aliphatic carbocycles. The molecule has 0 amide bonds. The molecule has 0 saturated carbocycles. The number of halogens is 3. The highest BCUT2D eigenvalue weighted by Crippen LogP contribution is 2.26. The van der Waals surface area contributed by atoms with Gasteiger partial charge in [-0.1, -0.05) is 31.2 Å². The van der Waals surface area contributed by atoms with Gasteiger partial charge in [-0.25, -0.2) is 0 Å². The Labute approximate surface area is 101 Å². The number of rotatable bonds is 2. The molecule has 0 radical (unpaired) electrons. The van der Waals surface area contributed by atoms with Gasteiger partial charge in [0.2, 0.25) is 0 Å². The Kier molecular flexibility index (Phi) is 6.25. The highest BCUT2D eigenvalue weighted by Gasteiger charge is 2.48. The number of alkyl halides is 3. The Bertz CT molecular complexity index is 417. The zero-order valence-electron chi connectivity index (χ0n) is 9.36. The van der Waals surface area contributed by atoms with E-state index in [9.17, 15) is 21.6 Å². The first-order valence-electron chi connectivity index (χ1n) is 4.80. The van der Waals surface area contributed by atoms with Crippen molar-refractivity contribution >= 4 is 20.4 Å². The minimum atomic E-state index is -5.55. The molecular weight excluding hydrogens is 273 g/mol. The van der Waals surface area contributed by atoms with Crippen molar-refractivity contribution in [3.05, 3.63) is 30.3 Å². The maximum Gasteiger partial charge on any atom is 0.534 e. The third-order valence-electron chi connectivity index (χ3n) is 1.23. The molecule has 3 nitrogen and oxygen atoms in total. The van der Waals surface area contributed by atoms with Crippen molar-refractivity contribution < 1.29 is 25.8 Å². The molecule has 0 aliphatic rings. The smallest absolute Gasteiger partial charge is 0.376 e. The summed E-state index contributed by atoms with van der Waals surface area (Å²) >= 11 is 0. The first kappa shape index (κ1) is 16.0. The topological polar surface area (TPSA) is 43.4 Å². The van der Waals surface area contributed by atoms with Crippen LogP contribution in [0.3, 0.4) is 0 Å². The summed E-state index contributed by atoms with van der Waals surface area (Å²) in [4.78, 5) is 0. The Morgan fingerprint density at radius 1 is 1.24 bits per heavy atom. The van der Waals surface area contributed by atoms with Crippen LogP contribution in [0.5, 0.6) is 5.75 Å². The van der Waals surface area contributed by atoms with E-state index >= 15 is 0 Å². The van der Waals surface area contributed by atoms with E-state index in [1.54, 1.807) is 0 Å². The van der Waals surface area contributed by atoms with Crippen molar-refractivity contribution in [2.24, 2.45) is 0 Å². The van der Waals surface area contributed by atoms with Crippen molar-refractivity contribution in [3.63, 3.8) is 0 Å². The molecule has 0 spiro atoms. The summed E-state index contributed by atoms with van der Waals surface area (Å²) in [5.74, 6) is -0.371. The molecule has 0 heterocycles. The number of benzene rings is 1. The quantitative estimate of drug-likeness (QED) is 0.472. The van der Waals surface area contributed by atoms with Crippen LogP contribution in [0, 0.1) is 0 Å². The number of hydrogen-bond donors (Lipinski definition) is 0. The van der Waals surface area contributed by atoms with Crippen LogP contribution >= 0.6 is 0 Å². The van der Waals surface area contributed by atoms with Gasteiger partial charge in [0, 0.05) is 10.2 Å². The van der Waals surface area contributed by atoms with Gasteiger partial charge >= 0.3 is 15.6 Å². The Morgan fingerprint density at radius 2 is 1.65 bits per heavy atom. The second-order valence-electron chi connectivity index (χ2n) is 3.00. The lowest BCUT2D eigenvalue weighted by Gasteiger charge is -2.08. The molecule has 1 aromatic carbocycles.